The fraction of sp³-hybridized carbons (Fsp3) is 0. The topological polar surface area (TPSA) is 0 Å². The number of benzene rings is 9. The summed E-state index contributed by atoms with van der Waals surface area (Å²) < 4.78 is 0. The Hall–Kier alpha value is -5.98. The van der Waals surface area contributed by atoms with Crippen LogP contribution in [0.2, 0.25) is 0 Å². The third-order valence-corrected chi connectivity index (χ3v) is 9.44. The minimum Gasteiger partial charge on any atom is -0.0622 e. The van der Waals surface area contributed by atoms with Crippen LogP contribution in [0.15, 0.2) is 182 Å². The Labute approximate surface area is 268 Å². The van der Waals surface area contributed by atoms with Gasteiger partial charge in [-0.3, -0.25) is 0 Å². The summed E-state index contributed by atoms with van der Waals surface area (Å²) in [4.78, 5) is 0. The Balaban J connectivity index is 1.17. The molecular weight excluding hydrogens is 553 g/mol. The molecule has 0 N–H and O–H groups in total. The fourth-order valence-electron chi connectivity index (χ4n) is 7.07. The molecule has 0 spiro atoms. The molecule has 9 aromatic carbocycles. The highest BCUT2D eigenvalue weighted by atomic mass is 14.2. The minimum absolute atomic E-state index is 1.22. The van der Waals surface area contributed by atoms with E-state index in [4.69, 9.17) is 0 Å². The van der Waals surface area contributed by atoms with E-state index in [0.717, 1.165) is 0 Å². The van der Waals surface area contributed by atoms with Crippen LogP contribution in [0, 0.1) is 0 Å². The van der Waals surface area contributed by atoms with Crippen molar-refractivity contribution in [2.24, 2.45) is 0 Å². The molecule has 0 aromatic heterocycles. The molecule has 9 aromatic rings. The molecule has 0 atom stereocenters. The van der Waals surface area contributed by atoms with Crippen LogP contribution in [-0.4, -0.2) is 0 Å². The van der Waals surface area contributed by atoms with Crippen molar-refractivity contribution in [1.82, 2.24) is 0 Å². The van der Waals surface area contributed by atoms with Crippen LogP contribution in [0.1, 0.15) is 0 Å². The van der Waals surface area contributed by atoms with E-state index >= 15 is 0 Å². The van der Waals surface area contributed by atoms with Gasteiger partial charge in [0.25, 0.3) is 0 Å². The van der Waals surface area contributed by atoms with Crippen LogP contribution in [0.5, 0.6) is 0 Å². The number of hydrogen-bond acceptors (Lipinski definition) is 0. The van der Waals surface area contributed by atoms with Gasteiger partial charge in [-0.05, 0) is 112 Å². The first-order valence-corrected chi connectivity index (χ1v) is 15.9. The second kappa shape index (κ2) is 10.9. The molecule has 0 saturated carbocycles. The van der Waals surface area contributed by atoms with Crippen molar-refractivity contribution in [3.8, 4) is 44.5 Å². The summed E-state index contributed by atoms with van der Waals surface area (Å²) in [5, 5.41) is 10.2. The van der Waals surface area contributed by atoms with E-state index in [2.05, 4.69) is 182 Å². The molecule has 0 fully saturated rings. The first-order valence-electron chi connectivity index (χ1n) is 15.9. The SMILES string of the molecule is c1ccc(-c2cc3cc(-c4ccc5ccccc5c4)ccc3c3ccc(-c4ccc(-c5cccc6ccccc56)cc4)cc23)cc1. The molecule has 0 aliphatic rings. The Morgan fingerprint density at radius 2 is 0.761 bits per heavy atom. The molecule has 0 amide bonds. The molecule has 46 heavy (non-hydrogen) atoms. The van der Waals surface area contributed by atoms with E-state index in [9.17, 15) is 0 Å². The molecule has 0 radical (unpaired) electrons. The number of fused-ring (bicyclic) bond motifs is 5. The van der Waals surface area contributed by atoms with Crippen molar-refractivity contribution in [3.05, 3.63) is 182 Å². The zero-order chi connectivity index (χ0) is 30.5. The summed E-state index contributed by atoms with van der Waals surface area (Å²) in [5.41, 5.74) is 9.91. The zero-order valence-corrected chi connectivity index (χ0v) is 25.3. The first-order chi connectivity index (χ1) is 22.8. The average Bonchev–Trinajstić information content (AvgIpc) is 3.14. The van der Waals surface area contributed by atoms with E-state index in [-0.39, 0.29) is 0 Å². The molecule has 0 nitrogen and oxygen atoms in total. The standard InChI is InChI=1S/C46H30/c1-2-10-34(11-3-1)45-30-40-28-38(37-22-19-31-9-4-5-13-36(31)27-37)23-25-43(40)44-26-24-39(29-46(44)45)32-17-20-35(21-18-32)42-16-8-14-33-12-6-7-15-41(33)42/h1-30H. The van der Waals surface area contributed by atoms with Gasteiger partial charge >= 0.3 is 0 Å². The molecule has 9 rings (SSSR count). The van der Waals surface area contributed by atoms with Crippen molar-refractivity contribution in [2.75, 3.05) is 0 Å². The lowest BCUT2D eigenvalue weighted by molar-refractivity contribution is 1.62. The van der Waals surface area contributed by atoms with Gasteiger partial charge in [-0.25, -0.2) is 0 Å². The van der Waals surface area contributed by atoms with Crippen molar-refractivity contribution >= 4 is 43.1 Å². The lowest BCUT2D eigenvalue weighted by Crippen LogP contribution is -1.88. The molecule has 0 bridgehead atoms. The smallest absolute Gasteiger partial charge is 0.00928 e. The Morgan fingerprint density at radius 3 is 1.59 bits per heavy atom. The number of rotatable bonds is 4. The second-order valence-corrected chi connectivity index (χ2v) is 12.2. The largest absolute Gasteiger partial charge is 0.0622 e. The van der Waals surface area contributed by atoms with Crippen LogP contribution in [0.3, 0.4) is 0 Å². The highest BCUT2D eigenvalue weighted by Crippen LogP contribution is 2.39. The lowest BCUT2D eigenvalue weighted by atomic mass is 9.89. The van der Waals surface area contributed by atoms with Crippen LogP contribution in [0.25, 0.3) is 87.6 Å². The maximum Gasteiger partial charge on any atom is -0.00928 e. The van der Waals surface area contributed by atoms with Crippen LogP contribution >= 0.6 is 0 Å². The summed E-state index contributed by atoms with van der Waals surface area (Å²) in [6, 6.07) is 66.6. The predicted octanol–water partition coefficient (Wildman–Crippen LogP) is 13.0. The lowest BCUT2D eigenvalue weighted by Gasteiger charge is -2.15. The van der Waals surface area contributed by atoms with Gasteiger partial charge in [-0.2, -0.15) is 0 Å². The molecular formula is C46H30. The van der Waals surface area contributed by atoms with Crippen molar-refractivity contribution in [3.63, 3.8) is 0 Å². The van der Waals surface area contributed by atoms with E-state index in [0.29, 0.717) is 0 Å². The van der Waals surface area contributed by atoms with Crippen molar-refractivity contribution in [2.45, 2.75) is 0 Å². The second-order valence-electron chi connectivity index (χ2n) is 12.2. The van der Waals surface area contributed by atoms with E-state index < -0.39 is 0 Å². The average molecular weight is 583 g/mol. The van der Waals surface area contributed by atoms with Gasteiger partial charge in [0.05, 0.1) is 0 Å². The maximum atomic E-state index is 2.38. The minimum atomic E-state index is 1.22. The molecule has 0 saturated heterocycles. The fourth-order valence-corrected chi connectivity index (χ4v) is 7.07. The summed E-state index contributed by atoms with van der Waals surface area (Å²) in [5.74, 6) is 0. The number of hydrogen-bond donors (Lipinski definition) is 0. The van der Waals surface area contributed by atoms with Gasteiger partial charge in [0.2, 0.25) is 0 Å². The molecule has 0 aliphatic heterocycles. The van der Waals surface area contributed by atoms with Gasteiger partial charge in [0.15, 0.2) is 0 Å². The van der Waals surface area contributed by atoms with Crippen LogP contribution < -0.4 is 0 Å². The third-order valence-electron chi connectivity index (χ3n) is 9.44. The summed E-state index contributed by atoms with van der Waals surface area (Å²) >= 11 is 0. The van der Waals surface area contributed by atoms with Gasteiger partial charge in [0, 0.05) is 0 Å². The first kappa shape index (κ1) is 26.4. The summed E-state index contributed by atoms with van der Waals surface area (Å²) in [6.07, 6.45) is 0. The monoisotopic (exact) mass is 582 g/mol. The molecule has 0 unspecified atom stereocenters. The molecule has 0 heterocycles. The Morgan fingerprint density at radius 1 is 0.196 bits per heavy atom. The van der Waals surface area contributed by atoms with Gasteiger partial charge in [-0.15, -0.1) is 0 Å². The van der Waals surface area contributed by atoms with Gasteiger partial charge in [-0.1, -0.05) is 158 Å². The van der Waals surface area contributed by atoms with Crippen molar-refractivity contribution in [1.29, 1.82) is 0 Å². The van der Waals surface area contributed by atoms with Crippen LogP contribution in [0.4, 0.5) is 0 Å². The van der Waals surface area contributed by atoms with Gasteiger partial charge in [0.1, 0.15) is 0 Å². The quantitative estimate of drug-likeness (QED) is 0.181. The van der Waals surface area contributed by atoms with Crippen LogP contribution in [-0.2, 0) is 0 Å². The summed E-state index contributed by atoms with van der Waals surface area (Å²) in [7, 11) is 0. The maximum absolute atomic E-state index is 2.38. The van der Waals surface area contributed by atoms with E-state index in [1.54, 1.807) is 0 Å². The van der Waals surface area contributed by atoms with Crippen molar-refractivity contribution < 1.29 is 0 Å². The molecule has 0 aliphatic carbocycles. The summed E-state index contributed by atoms with van der Waals surface area (Å²) in [6.45, 7) is 0. The predicted molar refractivity (Wildman–Crippen MR) is 198 cm³/mol. The Kier molecular flexibility index (Phi) is 6.25. The normalized spacial score (nSPS) is 11.5. The molecule has 0 heteroatoms. The highest BCUT2D eigenvalue weighted by molar-refractivity contribution is 6.15. The van der Waals surface area contributed by atoms with Gasteiger partial charge < -0.3 is 0 Å². The molecule has 214 valence electrons. The highest BCUT2D eigenvalue weighted by Gasteiger charge is 2.12. The van der Waals surface area contributed by atoms with E-state index in [1.165, 1.54) is 87.6 Å². The third kappa shape index (κ3) is 4.55. The zero-order valence-electron chi connectivity index (χ0n) is 25.3. The van der Waals surface area contributed by atoms with E-state index in [1.807, 2.05) is 0 Å². The Bertz CT molecular complexity index is 2550.